The van der Waals surface area contributed by atoms with Crippen molar-refractivity contribution < 1.29 is 22.7 Å². The molecule has 0 saturated heterocycles. The minimum atomic E-state index is -4.44. The molecule has 1 aromatic heterocycles. The summed E-state index contributed by atoms with van der Waals surface area (Å²) in [7, 11) is 0. The summed E-state index contributed by atoms with van der Waals surface area (Å²) < 4.78 is 40.4. The number of ether oxygens (including phenoxy) is 1. The zero-order chi connectivity index (χ0) is 10.6. The van der Waals surface area contributed by atoms with Crippen LogP contribution >= 0.6 is 0 Å². The zero-order valence-electron chi connectivity index (χ0n) is 6.97. The molecule has 0 bridgehead atoms. The van der Waals surface area contributed by atoms with Gasteiger partial charge in [-0.25, -0.2) is 0 Å². The Hall–Kier alpha value is -1.53. The molecule has 0 unspecified atom stereocenters. The third kappa shape index (κ3) is 2.75. The monoisotopic (exact) mass is 208 g/mol. The van der Waals surface area contributed by atoms with Crippen LogP contribution in [0.15, 0.2) is 6.07 Å². The van der Waals surface area contributed by atoms with E-state index in [1.807, 2.05) is 0 Å². The quantitative estimate of drug-likeness (QED) is 0.596. The van der Waals surface area contributed by atoms with Crippen molar-refractivity contribution in [2.45, 2.75) is 12.6 Å². The molecule has 0 aliphatic rings. The standard InChI is InChI=1S/C7H7F3N2O2/c8-7(9,10)6-3-5(11-12-6)1-2-14-4-13/h3-4H,1-2H2,(H,11,12). The average molecular weight is 208 g/mol. The van der Waals surface area contributed by atoms with Crippen molar-refractivity contribution in [3.63, 3.8) is 0 Å². The van der Waals surface area contributed by atoms with Gasteiger partial charge in [-0.15, -0.1) is 0 Å². The molecule has 1 aromatic rings. The first-order valence-electron chi connectivity index (χ1n) is 3.71. The van der Waals surface area contributed by atoms with Crippen molar-refractivity contribution in [3.05, 3.63) is 17.5 Å². The third-order valence-electron chi connectivity index (χ3n) is 1.48. The fourth-order valence-electron chi connectivity index (χ4n) is 0.852. The summed E-state index contributed by atoms with van der Waals surface area (Å²) in [6, 6.07) is 0.883. The first-order valence-corrected chi connectivity index (χ1v) is 3.71. The molecular weight excluding hydrogens is 201 g/mol. The van der Waals surface area contributed by atoms with E-state index in [0.29, 0.717) is 0 Å². The molecule has 0 amide bonds. The number of nitrogens with zero attached hydrogens (tertiary/aromatic N) is 1. The van der Waals surface area contributed by atoms with Gasteiger partial charge in [-0.2, -0.15) is 18.3 Å². The minimum absolute atomic E-state index is 0.0307. The SMILES string of the molecule is O=COCCc1cc(C(F)(F)F)n[nH]1. The Balaban J connectivity index is 2.55. The molecule has 1 N–H and O–H groups in total. The first kappa shape index (κ1) is 10.6. The lowest BCUT2D eigenvalue weighted by atomic mass is 10.3. The summed E-state index contributed by atoms with van der Waals surface area (Å²) in [6.07, 6.45) is -4.26. The van der Waals surface area contributed by atoms with Gasteiger partial charge in [0.2, 0.25) is 0 Å². The van der Waals surface area contributed by atoms with Crippen LogP contribution in [0.2, 0.25) is 0 Å². The van der Waals surface area contributed by atoms with Crippen LogP contribution in [0, 0.1) is 0 Å². The molecule has 7 heteroatoms. The maximum absolute atomic E-state index is 12.0. The number of hydrogen-bond donors (Lipinski definition) is 1. The van der Waals surface area contributed by atoms with Crippen LogP contribution in [0.5, 0.6) is 0 Å². The van der Waals surface area contributed by atoms with Crippen LogP contribution in [-0.2, 0) is 22.1 Å². The van der Waals surface area contributed by atoms with Crippen molar-refractivity contribution >= 4 is 6.47 Å². The Bertz CT molecular complexity index is 308. The fourth-order valence-corrected chi connectivity index (χ4v) is 0.852. The van der Waals surface area contributed by atoms with Gasteiger partial charge in [0.1, 0.15) is 0 Å². The van der Waals surface area contributed by atoms with Gasteiger partial charge >= 0.3 is 6.18 Å². The largest absolute Gasteiger partial charge is 0.467 e. The van der Waals surface area contributed by atoms with Crippen LogP contribution < -0.4 is 0 Å². The Morgan fingerprint density at radius 1 is 1.57 bits per heavy atom. The molecule has 4 nitrogen and oxygen atoms in total. The predicted octanol–water partition coefficient (Wildman–Crippen LogP) is 1.14. The lowest BCUT2D eigenvalue weighted by Gasteiger charge is -1.98. The number of H-pyrrole nitrogens is 1. The first-order chi connectivity index (χ1) is 6.54. The predicted molar refractivity (Wildman–Crippen MR) is 39.3 cm³/mol. The molecule has 0 radical (unpaired) electrons. The molecule has 0 atom stereocenters. The van der Waals surface area contributed by atoms with Crippen LogP contribution in [-0.4, -0.2) is 23.3 Å². The van der Waals surface area contributed by atoms with E-state index < -0.39 is 11.9 Å². The summed E-state index contributed by atoms with van der Waals surface area (Å²) in [4.78, 5) is 9.73. The van der Waals surface area contributed by atoms with Crippen molar-refractivity contribution in [1.29, 1.82) is 0 Å². The molecule has 1 rings (SSSR count). The number of aromatic amines is 1. The van der Waals surface area contributed by atoms with E-state index in [-0.39, 0.29) is 25.2 Å². The topological polar surface area (TPSA) is 55.0 Å². The van der Waals surface area contributed by atoms with Gasteiger partial charge < -0.3 is 4.74 Å². The van der Waals surface area contributed by atoms with Gasteiger partial charge in [0, 0.05) is 12.1 Å². The third-order valence-corrected chi connectivity index (χ3v) is 1.48. The van der Waals surface area contributed by atoms with Gasteiger partial charge in [-0.3, -0.25) is 9.89 Å². The number of carbonyl (C=O) groups is 1. The molecule has 0 fully saturated rings. The molecule has 78 valence electrons. The van der Waals surface area contributed by atoms with Gasteiger partial charge in [-0.05, 0) is 6.07 Å². The summed E-state index contributed by atoms with van der Waals surface area (Å²) in [5.41, 5.74) is -0.697. The smallest absolute Gasteiger partial charge is 0.435 e. The van der Waals surface area contributed by atoms with E-state index in [1.54, 1.807) is 0 Å². The van der Waals surface area contributed by atoms with E-state index in [1.165, 1.54) is 0 Å². The molecule has 0 aliphatic carbocycles. The van der Waals surface area contributed by atoms with Crippen LogP contribution in [0.25, 0.3) is 0 Å². The number of hydrogen-bond acceptors (Lipinski definition) is 3. The van der Waals surface area contributed by atoms with E-state index in [0.717, 1.165) is 6.07 Å². The molecule has 14 heavy (non-hydrogen) atoms. The maximum Gasteiger partial charge on any atom is 0.435 e. The normalized spacial score (nSPS) is 11.4. The molecule has 0 aromatic carbocycles. The Morgan fingerprint density at radius 2 is 2.29 bits per heavy atom. The summed E-state index contributed by atoms with van der Waals surface area (Å²) >= 11 is 0. The van der Waals surface area contributed by atoms with Crippen LogP contribution in [0.3, 0.4) is 0 Å². The van der Waals surface area contributed by atoms with Crippen molar-refractivity contribution in [2.75, 3.05) is 6.61 Å². The second kappa shape index (κ2) is 4.12. The number of rotatable bonds is 4. The van der Waals surface area contributed by atoms with E-state index in [9.17, 15) is 18.0 Å². The van der Waals surface area contributed by atoms with E-state index in [2.05, 4.69) is 14.9 Å². The summed E-state index contributed by atoms with van der Waals surface area (Å²) in [6.45, 7) is 0.268. The number of alkyl halides is 3. The Labute approximate surface area is 77.1 Å². The second-order valence-corrected chi connectivity index (χ2v) is 2.49. The maximum atomic E-state index is 12.0. The van der Waals surface area contributed by atoms with Crippen molar-refractivity contribution in [3.8, 4) is 0 Å². The number of carbonyl (C=O) groups excluding carboxylic acids is 1. The van der Waals surface area contributed by atoms with E-state index >= 15 is 0 Å². The summed E-state index contributed by atoms with van der Waals surface area (Å²) in [5, 5.41) is 5.28. The highest BCUT2D eigenvalue weighted by Gasteiger charge is 2.33. The lowest BCUT2D eigenvalue weighted by Crippen LogP contribution is -2.04. The van der Waals surface area contributed by atoms with Crippen LogP contribution in [0.4, 0.5) is 13.2 Å². The number of halogens is 3. The zero-order valence-corrected chi connectivity index (χ0v) is 6.97. The summed E-state index contributed by atoms with van der Waals surface area (Å²) in [5.74, 6) is 0. The Kier molecular flexibility index (Phi) is 3.10. The molecule has 0 aliphatic heterocycles. The second-order valence-electron chi connectivity index (χ2n) is 2.49. The van der Waals surface area contributed by atoms with Gasteiger partial charge in [-0.1, -0.05) is 0 Å². The molecular formula is C7H7F3N2O2. The molecule has 0 spiro atoms. The highest BCUT2D eigenvalue weighted by molar-refractivity contribution is 5.36. The number of aromatic nitrogens is 2. The highest BCUT2D eigenvalue weighted by atomic mass is 19.4. The lowest BCUT2D eigenvalue weighted by molar-refractivity contribution is -0.141. The van der Waals surface area contributed by atoms with Crippen LogP contribution in [0.1, 0.15) is 11.4 Å². The van der Waals surface area contributed by atoms with E-state index in [4.69, 9.17) is 0 Å². The average Bonchev–Trinajstić information content (AvgIpc) is 2.52. The van der Waals surface area contributed by atoms with Gasteiger partial charge in [0.15, 0.2) is 5.69 Å². The molecule has 0 saturated carbocycles. The fraction of sp³-hybridized carbons (Fsp3) is 0.429. The minimum Gasteiger partial charge on any atom is -0.467 e. The Morgan fingerprint density at radius 3 is 2.79 bits per heavy atom. The molecule has 1 heterocycles. The van der Waals surface area contributed by atoms with Gasteiger partial charge in [0.25, 0.3) is 6.47 Å². The number of nitrogens with one attached hydrogen (secondary N) is 1. The highest BCUT2D eigenvalue weighted by Crippen LogP contribution is 2.27. The van der Waals surface area contributed by atoms with Gasteiger partial charge in [0.05, 0.1) is 6.61 Å². The van der Waals surface area contributed by atoms with Crippen molar-refractivity contribution in [2.24, 2.45) is 0 Å². The van der Waals surface area contributed by atoms with Crippen molar-refractivity contribution in [1.82, 2.24) is 10.2 Å².